The average Bonchev–Trinajstić information content (AvgIpc) is 0.712. The van der Waals surface area contributed by atoms with Crippen LogP contribution in [0, 0.1) is 61.2 Å². The van der Waals surface area contributed by atoms with Gasteiger partial charge in [0.25, 0.3) is 23.6 Å². The van der Waals surface area contributed by atoms with Crippen molar-refractivity contribution in [2.24, 2.45) is 70.3 Å². The second kappa shape index (κ2) is 31.4. The number of carbonyl (C=O) groups is 13. The van der Waals surface area contributed by atoms with Gasteiger partial charge in [-0.15, -0.1) is 0 Å². The lowest BCUT2D eigenvalue weighted by Crippen LogP contribution is -2.65. The van der Waals surface area contributed by atoms with Crippen LogP contribution in [0.15, 0.2) is 128 Å². The Balaban J connectivity index is 0.000000142. The number of Topliss-reactive ketones (excluding diaryl/α,β-unsaturated/α-hetero) is 8. The predicted molar refractivity (Wildman–Crippen MR) is 441 cm³/mol. The summed E-state index contributed by atoms with van der Waals surface area (Å²) in [7, 11) is 16.4. The van der Waals surface area contributed by atoms with Crippen molar-refractivity contribution in [3.05, 3.63) is 189 Å². The summed E-state index contributed by atoms with van der Waals surface area (Å²) in [6.45, 7) is 3.63. The van der Waals surface area contributed by atoms with Gasteiger partial charge in [-0.2, -0.15) is 0 Å². The summed E-state index contributed by atoms with van der Waals surface area (Å²) >= 11 is 0. The molecule has 4 saturated carbocycles. The monoisotopic (exact) mass is 1710 g/mol. The molecule has 35 heteroatoms. The van der Waals surface area contributed by atoms with Gasteiger partial charge in [-0.1, -0.05) is 36.4 Å². The maximum Gasteiger partial charge on any atom is 0.338 e. The van der Waals surface area contributed by atoms with Gasteiger partial charge in [0.2, 0.25) is 23.1 Å². The fourth-order valence-electron chi connectivity index (χ4n) is 21.3. The number of likely N-dealkylation sites (N-methyl/N-ethyl adjacent to an activating group) is 2. The third-order valence-corrected chi connectivity index (χ3v) is 26.8. The number of anilines is 2. The molecule has 4 aromatic rings. The lowest BCUT2D eigenvalue weighted by Gasteiger charge is -2.50. The van der Waals surface area contributed by atoms with Gasteiger partial charge in [-0.25, -0.2) is 4.79 Å². The van der Waals surface area contributed by atoms with Crippen molar-refractivity contribution in [1.29, 1.82) is 0 Å². The number of methoxy groups -OCH3 is 2. The van der Waals surface area contributed by atoms with Crippen LogP contribution in [0.1, 0.15) is 105 Å². The molecule has 0 aliphatic heterocycles. The number of ether oxygens (including phenoxy) is 2. The molecular weight excluding hydrogens is 1610 g/mol. The summed E-state index contributed by atoms with van der Waals surface area (Å²) in [5, 5.41) is 132. The molecule has 20 N–H and O–H groups in total. The van der Waals surface area contributed by atoms with E-state index in [1.165, 1.54) is 30.1 Å². The first-order valence-electron chi connectivity index (χ1n) is 39.7. The van der Waals surface area contributed by atoms with E-state index in [0.29, 0.717) is 47.3 Å². The van der Waals surface area contributed by atoms with Crippen LogP contribution in [-0.4, -0.2) is 252 Å². The number of fused-ring (bicyclic) bond motifs is 12. The first-order valence-corrected chi connectivity index (χ1v) is 39.7. The van der Waals surface area contributed by atoms with Crippen molar-refractivity contribution >= 4 is 110 Å². The fraction of sp³-hybridized carbons (Fsp3) is 0.404. The SMILES string of the molecule is COC(=O)c1cccc2c1C(O)=C1C(=O)[C@]3(O)C(O)=C(C(N)=O)C(=O)[C@@H](N(C)C)[C@@H]3C[C@@H]1C2.COc1ccc(N(C)C)c2c1C(O)=C1C(=O)[C@]3(O)C(O)=C(C(N)=O)C(=O)C[C@@H]3C[C@@H]1C2.Cc1ccc(N(C)C)c2c1C(O)=C1C(=O)[C@]3(O)C(O)=C(C(N)=O)C(=O)C[C@@H]3C[C@@H]1C2.Cc1cccc2c1C(O)=C1C(=O)[C@]3(O)C(O)=C(C(N)=O)C(=O)[C@@H](N(C)C)[C@@H]3C[C@@H]1C2. The topological polar surface area (TPSA) is 600 Å². The summed E-state index contributed by atoms with van der Waals surface area (Å²) in [6, 6.07) is 15.5. The lowest BCUT2D eigenvalue weighted by atomic mass is 9.57. The molecule has 0 spiro atoms. The molecule has 16 rings (SSSR count). The van der Waals surface area contributed by atoms with Crippen LogP contribution in [0.4, 0.5) is 11.4 Å². The number of esters is 1. The molecule has 12 aliphatic rings. The minimum absolute atomic E-state index is 0.0118. The Kier molecular flexibility index (Phi) is 22.5. The van der Waals surface area contributed by atoms with E-state index in [1.54, 1.807) is 46.4 Å². The van der Waals surface area contributed by atoms with E-state index in [4.69, 9.17) is 32.4 Å². The number of aliphatic hydroxyl groups is 12. The first kappa shape index (κ1) is 88.8. The number of benzene rings is 4. The van der Waals surface area contributed by atoms with Crippen LogP contribution in [-0.2, 0) is 88.0 Å². The third-order valence-electron chi connectivity index (χ3n) is 26.8. The Morgan fingerprint density at radius 1 is 0.395 bits per heavy atom. The van der Waals surface area contributed by atoms with Crippen molar-refractivity contribution in [1.82, 2.24) is 9.80 Å². The second-order valence-electron chi connectivity index (χ2n) is 34.4. The van der Waals surface area contributed by atoms with Gasteiger partial charge in [0.05, 0.1) is 37.4 Å². The number of rotatable bonds is 10. The summed E-state index contributed by atoms with van der Waals surface area (Å²) in [4.78, 5) is 171. The highest BCUT2D eigenvalue weighted by atomic mass is 16.5. The van der Waals surface area contributed by atoms with E-state index in [2.05, 4.69) is 0 Å². The van der Waals surface area contributed by atoms with Crippen molar-refractivity contribution in [2.45, 2.75) is 113 Å². The summed E-state index contributed by atoms with van der Waals surface area (Å²) < 4.78 is 10.2. The molecule has 0 bridgehead atoms. The Morgan fingerprint density at radius 2 is 0.734 bits per heavy atom. The van der Waals surface area contributed by atoms with Crippen molar-refractivity contribution in [3.8, 4) is 5.75 Å². The number of ketones is 8. The number of aryl methyl sites for hydroxylation is 2. The molecular formula is C89H96N8O27. The summed E-state index contributed by atoms with van der Waals surface area (Å²) in [6.07, 6.45) is 1.51. The number of primary amides is 4. The van der Waals surface area contributed by atoms with Crippen LogP contribution in [0.5, 0.6) is 5.75 Å². The highest BCUT2D eigenvalue weighted by Gasteiger charge is 2.68. The molecule has 4 amide bonds. The number of carbonyl (C=O) groups excluding carboxylic acids is 13. The van der Waals surface area contributed by atoms with Crippen LogP contribution >= 0.6 is 0 Å². The smallest absolute Gasteiger partial charge is 0.338 e. The Morgan fingerprint density at radius 3 is 1.12 bits per heavy atom. The molecule has 12 aliphatic carbocycles. The second-order valence-corrected chi connectivity index (χ2v) is 34.4. The normalized spacial score (nSPS) is 28.9. The third kappa shape index (κ3) is 13.0. The van der Waals surface area contributed by atoms with Crippen LogP contribution in [0.3, 0.4) is 0 Å². The van der Waals surface area contributed by atoms with Gasteiger partial charge in [-0.3, -0.25) is 67.3 Å². The number of hydrogen-bond acceptors (Lipinski definition) is 31. The molecule has 4 aromatic carbocycles. The van der Waals surface area contributed by atoms with E-state index < -0.39 is 209 Å². The van der Waals surface area contributed by atoms with E-state index >= 15 is 0 Å². The van der Waals surface area contributed by atoms with Gasteiger partial charge in [-0.05, 0) is 175 Å². The van der Waals surface area contributed by atoms with Crippen LogP contribution in [0.2, 0.25) is 0 Å². The highest BCUT2D eigenvalue weighted by Crippen LogP contribution is 2.58. The number of nitrogens with zero attached hydrogens (tertiary/aromatic N) is 4. The van der Waals surface area contributed by atoms with Crippen molar-refractivity contribution in [2.75, 3.05) is 80.4 Å². The van der Waals surface area contributed by atoms with Gasteiger partial charge in [0.15, 0.2) is 45.5 Å². The lowest BCUT2D eigenvalue weighted by molar-refractivity contribution is -0.155. The molecule has 0 aromatic heterocycles. The first-order chi connectivity index (χ1) is 58.0. The zero-order valence-electron chi connectivity index (χ0n) is 69.7. The van der Waals surface area contributed by atoms with E-state index in [1.807, 2.05) is 88.2 Å². The largest absolute Gasteiger partial charge is 0.508 e. The number of amides is 4. The van der Waals surface area contributed by atoms with E-state index in [0.717, 1.165) is 39.2 Å². The van der Waals surface area contributed by atoms with Gasteiger partial charge >= 0.3 is 5.97 Å². The van der Waals surface area contributed by atoms with Crippen molar-refractivity contribution in [3.63, 3.8) is 0 Å². The average molecular weight is 1710 g/mol. The zero-order valence-corrected chi connectivity index (χ0v) is 69.7. The highest BCUT2D eigenvalue weighted by molar-refractivity contribution is 6.27. The van der Waals surface area contributed by atoms with Gasteiger partial charge < -0.3 is 103 Å². The Labute approximate surface area is 708 Å². The predicted octanol–water partition coefficient (Wildman–Crippen LogP) is 2.50. The quantitative estimate of drug-likeness (QED) is 0.0801. The molecule has 0 radical (unpaired) electrons. The number of nitrogens with two attached hydrogens (primary N) is 4. The number of aliphatic hydroxyl groups excluding tert-OH is 8. The summed E-state index contributed by atoms with van der Waals surface area (Å²) in [5.41, 5.74) is 15.6. The zero-order chi connectivity index (χ0) is 91.5. The van der Waals surface area contributed by atoms with Gasteiger partial charge in [0.1, 0.15) is 74.1 Å². The molecule has 4 fully saturated rings. The van der Waals surface area contributed by atoms with E-state index in [9.17, 15) is 124 Å². The van der Waals surface area contributed by atoms with Crippen LogP contribution in [0.25, 0.3) is 23.0 Å². The molecule has 654 valence electrons. The van der Waals surface area contributed by atoms with E-state index in [-0.39, 0.29) is 95.6 Å². The standard InChI is InChI=1S/C23H24N2O8.C22H24N2O7.2C22H24N2O6/c1-25(2)16-12-8-10-7-9-5-4-6-11(22(31)33-3)13(9)17(26)14(10)19(28)23(12,32)20(29)15(18(16)27)21(24)30;1-24(2)12-4-5-14(31-3)16-11(12)7-9-6-10-8-13(25)17(21(23)29)20(28)22(10,30)19(27)15(9)18(16)26;1-9-4-5-13(24(2)3)12-7-10-6-11-8-14(25)17(21(23)29)20(28)22(11,30)19(27)16(10)18(26)15(9)12;1-9-5-4-6-10-7-11-8-12-16(24(2)3)18(26)15(21(23)29)20(28)22(12,30)19(27)14(11)17(25)13(9)10/h4-6,10,12,16,26,29,32H,7-8H2,1-3H3,(H2,24,30);4-5,9-10,26,28,30H,6-8H2,1-3H3,(H2,23,29);4-5,10-11,26,28,30H,6-8H2,1-3H3,(H2,23,29);4-6,11-12,16,25,28,30H,7-8H2,1-3H3,(H2,23,29)/t10-,12-,16-,23-;9-,10+,22+;10-,11+,22+;11-,12-,16-,22-/m0110/s1. The fourth-order valence-corrected chi connectivity index (χ4v) is 21.3. The summed E-state index contributed by atoms with van der Waals surface area (Å²) in [5.74, 6) is -23.3. The minimum atomic E-state index is -2.65. The number of hydrogen-bond donors (Lipinski definition) is 16. The maximum atomic E-state index is 13.7. The van der Waals surface area contributed by atoms with Gasteiger partial charge in [0, 0.05) is 115 Å². The molecule has 0 heterocycles. The minimum Gasteiger partial charge on any atom is -0.508 e. The Bertz CT molecular complexity index is 5830. The molecule has 14 atom stereocenters. The Hall–Kier alpha value is -12.9. The molecule has 124 heavy (non-hydrogen) atoms. The van der Waals surface area contributed by atoms with Crippen molar-refractivity contribution < 1.29 is 133 Å². The molecule has 0 unspecified atom stereocenters. The van der Waals surface area contributed by atoms with Crippen LogP contribution < -0.4 is 37.5 Å². The molecule has 0 saturated heterocycles. The molecule has 35 nitrogen and oxygen atoms in total. The maximum absolute atomic E-state index is 13.7.